The van der Waals surface area contributed by atoms with Gasteiger partial charge in [0.1, 0.15) is 5.69 Å². The van der Waals surface area contributed by atoms with Gasteiger partial charge in [-0.1, -0.05) is 79.9 Å². The third kappa shape index (κ3) is 5.72. The number of aryl methyl sites for hydroxylation is 2. The van der Waals surface area contributed by atoms with Crippen LogP contribution in [0.1, 0.15) is 54.4 Å². The van der Waals surface area contributed by atoms with Crippen LogP contribution in [0.5, 0.6) is 0 Å². The van der Waals surface area contributed by atoms with Gasteiger partial charge in [-0.2, -0.15) is 0 Å². The standard InChI is InChI=1S/C26H30Cl2N2O/c1-17-9-11-19(12-10-17)23-18(2)15-30(16-20-21(27)7-6-8-22(20)28)24(23)25(31)29-14-13-26(3,4)5/h6-12,15H,13-14,16H2,1-5H3,(H,29,31). The van der Waals surface area contributed by atoms with E-state index in [4.69, 9.17) is 23.2 Å². The number of carbonyl (C=O) groups excluding carboxylic acids is 1. The molecule has 0 aliphatic carbocycles. The summed E-state index contributed by atoms with van der Waals surface area (Å²) in [6.45, 7) is 11.6. The van der Waals surface area contributed by atoms with Gasteiger partial charge in [0.2, 0.25) is 0 Å². The SMILES string of the molecule is Cc1ccc(-c2c(C)cn(Cc3c(Cl)cccc3Cl)c2C(=O)NCCC(C)(C)C)cc1. The van der Waals surface area contributed by atoms with Crippen molar-refractivity contribution in [3.05, 3.63) is 81.1 Å². The summed E-state index contributed by atoms with van der Waals surface area (Å²) in [6.07, 6.45) is 2.90. The van der Waals surface area contributed by atoms with Crippen molar-refractivity contribution in [3.63, 3.8) is 0 Å². The first kappa shape index (κ1) is 23.4. The molecular weight excluding hydrogens is 427 g/mol. The normalized spacial score (nSPS) is 11.6. The second-order valence-electron chi connectivity index (χ2n) is 9.30. The Labute approximate surface area is 195 Å². The van der Waals surface area contributed by atoms with Crippen LogP contribution >= 0.6 is 23.2 Å². The summed E-state index contributed by atoms with van der Waals surface area (Å²) in [5.74, 6) is -0.0869. The van der Waals surface area contributed by atoms with Crippen molar-refractivity contribution < 1.29 is 4.79 Å². The van der Waals surface area contributed by atoms with Crippen LogP contribution in [0.2, 0.25) is 10.0 Å². The van der Waals surface area contributed by atoms with Gasteiger partial charge in [-0.15, -0.1) is 0 Å². The van der Waals surface area contributed by atoms with Gasteiger partial charge in [0, 0.05) is 33.9 Å². The molecule has 0 saturated heterocycles. The Morgan fingerprint density at radius 1 is 1.00 bits per heavy atom. The van der Waals surface area contributed by atoms with Crippen LogP contribution < -0.4 is 5.32 Å². The largest absolute Gasteiger partial charge is 0.351 e. The van der Waals surface area contributed by atoms with Crippen LogP contribution in [-0.2, 0) is 6.54 Å². The minimum atomic E-state index is -0.0869. The summed E-state index contributed by atoms with van der Waals surface area (Å²) in [5, 5.41) is 4.30. The maximum atomic E-state index is 13.4. The Balaban J connectivity index is 2.05. The monoisotopic (exact) mass is 456 g/mol. The lowest BCUT2D eigenvalue weighted by Gasteiger charge is -2.19. The molecule has 164 valence electrons. The molecule has 2 aromatic carbocycles. The Hall–Kier alpha value is -2.23. The molecule has 3 aromatic rings. The Bertz CT molecular complexity index is 1060. The molecular formula is C26H30Cl2N2O. The van der Waals surface area contributed by atoms with Gasteiger partial charge >= 0.3 is 0 Å². The van der Waals surface area contributed by atoms with Gasteiger partial charge in [0.05, 0.1) is 6.54 Å². The minimum Gasteiger partial charge on any atom is -0.351 e. The molecule has 0 fully saturated rings. The maximum absolute atomic E-state index is 13.4. The maximum Gasteiger partial charge on any atom is 0.268 e. The van der Waals surface area contributed by atoms with E-state index in [9.17, 15) is 4.79 Å². The quantitative estimate of drug-likeness (QED) is 0.414. The van der Waals surface area contributed by atoms with E-state index >= 15 is 0 Å². The number of hydrogen-bond donors (Lipinski definition) is 1. The molecule has 1 amide bonds. The molecule has 0 saturated carbocycles. The summed E-state index contributed by atoms with van der Waals surface area (Å²) in [5.41, 5.74) is 5.76. The molecule has 0 aliphatic rings. The molecule has 3 rings (SSSR count). The van der Waals surface area contributed by atoms with Crippen molar-refractivity contribution in [2.75, 3.05) is 6.54 Å². The van der Waals surface area contributed by atoms with Gasteiger partial charge in [0.15, 0.2) is 0 Å². The van der Waals surface area contributed by atoms with Gasteiger partial charge in [-0.05, 0) is 48.9 Å². The number of amides is 1. The van der Waals surface area contributed by atoms with Gasteiger partial charge in [-0.25, -0.2) is 0 Å². The van der Waals surface area contributed by atoms with Gasteiger partial charge < -0.3 is 9.88 Å². The van der Waals surface area contributed by atoms with Crippen LogP contribution in [0.4, 0.5) is 0 Å². The van der Waals surface area contributed by atoms with Crippen molar-refractivity contribution in [1.82, 2.24) is 9.88 Å². The van der Waals surface area contributed by atoms with E-state index in [0.717, 1.165) is 28.7 Å². The summed E-state index contributed by atoms with van der Waals surface area (Å²) in [6, 6.07) is 13.7. The van der Waals surface area contributed by atoms with Gasteiger partial charge in [0.25, 0.3) is 5.91 Å². The molecule has 0 radical (unpaired) electrons. The van der Waals surface area contributed by atoms with Crippen LogP contribution in [0, 0.1) is 19.3 Å². The lowest BCUT2D eigenvalue weighted by atomic mass is 9.92. The van der Waals surface area contributed by atoms with Crippen LogP contribution in [-0.4, -0.2) is 17.0 Å². The predicted molar refractivity (Wildman–Crippen MR) is 131 cm³/mol. The number of halogens is 2. The molecule has 0 aliphatic heterocycles. The third-order valence-electron chi connectivity index (χ3n) is 5.37. The first-order valence-corrected chi connectivity index (χ1v) is 11.3. The third-order valence-corrected chi connectivity index (χ3v) is 6.08. The summed E-state index contributed by atoms with van der Waals surface area (Å²) >= 11 is 12.9. The van der Waals surface area contributed by atoms with Crippen molar-refractivity contribution >= 4 is 29.1 Å². The first-order chi connectivity index (χ1) is 14.6. The van der Waals surface area contributed by atoms with E-state index in [1.807, 2.05) is 35.9 Å². The van der Waals surface area contributed by atoms with E-state index in [1.54, 1.807) is 0 Å². The Kier molecular flexibility index (Phi) is 7.18. The molecule has 0 atom stereocenters. The number of rotatable bonds is 6. The zero-order valence-corrected chi connectivity index (χ0v) is 20.4. The van der Waals surface area contributed by atoms with E-state index in [2.05, 4.69) is 57.3 Å². The average molecular weight is 457 g/mol. The van der Waals surface area contributed by atoms with E-state index in [0.29, 0.717) is 28.8 Å². The Morgan fingerprint density at radius 3 is 2.19 bits per heavy atom. The van der Waals surface area contributed by atoms with Crippen molar-refractivity contribution in [2.45, 2.75) is 47.6 Å². The topological polar surface area (TPSA) is 34.0 Å². The molecule has 1 N–H and O–H groups in total. The number of carbonyl (C=O) groups is 1. The molecule has 1 aromatic heterocycles. The first-order valence-electron chi connectivity index (χ1n) is 10.5. The summed E-state index contributed by atoms with van der Waals surface area (Å²) < 4.78 is 1.96. The van der Waals surface area contributed by atoms with E-state index < -0.39 is 0 Å². The van der Waals surface area contributed by atoms with E-state index in [1.165, 1.54) is 5.56 Å². The Morgan fingerprint density at radius 2 is 1.61 bits per heavy atom. The number of hydrogen-bond acceptors (Lipinski definition) is 1. The molecule has 0 spiro atoms. The van der Waals surface area contributed by atoms with Crippen molar-refractivity contribution in [1.29, 1.82) is 0 Å². The zero-order valence-electron chi connectivity index (χ0n) is 18.9. The highest BCUT2D eigenvalue weighted by Gasteiger charge is 2.23. The predicted octanol–water partition coefficient (Wildman–Crippen LogP) is 7.29. The van der Waals surface area contributed by atoms with Crippen molar-refractivity contribution in [2.24, 2.45) is 5.41 Å². The number of nitrogens with one attached hydrogen (secondary N) is 1. The van der Waals surface area contributed by atoms with E-state index in [-0.39, 0.29) is 11.3 Å². The van der Waals surface area contributed by atoms with Crippen LogP contribution in [0.25, 0.3) is 11.1 Å². The van der Waals surface area contributed by atoms with Gasteiger partial charge in [-0.3, -0.25) is 4.79 Å². The number of aromatic nitrogens is 1. The van der Waals surface area contributed by atoms with Crippen molar-refractivity contribution in [3.8, 4) is 11.1 Å². The van der Waals surface area contributed by atoms with Crippen LogP contribution in [0.15, 0.2) is 48.7 Å². The molecule has 0 bridgehead atoms. The fourth-order valence-corrected chi connectivity index (χ4v) is 4.15. The highest BCUT2D eigenvalue weighted by atomic mass is 35.5. The lowest BCUT2D eigenvalue weighted by Crippen LogP contribution is -2.29. The summed E-state index contributed by atoms with van der Waals surface area (Å²) in [7, 11) is 0. The lowest BCUT2D eigenvalue weighted by molar-refractivity contribution is 0.0941. The smallest absolute Gasteiger partial charge is 0.268 e. The fraction of sp³-hybridized carbons (Fsp3) is 0.346. The number of benzene rings is 2. The molecule has 1 heterocycles. The minimum absolute atomic E-state index is 0.0869. The molecule has 0 unspecified atom stereocenters. The van der Waals surface area contributed by atoms with Crippen LogP contribution in [0.3, 0.4) is 0 Å². The average Bonchev–Trinajstić information content (AvgIpc) is 3.00. The highest BCUT2D eigenvalue weighted by molar-refractivity contribution is 6.36. The highest BCUT2D eigenvalue weighted by Crippen LogP contribution is 2.32. The summed E-state index contributed by atoms with van der Waals surface area (Å²) in [4.78, 5) is 13.4. The number of nitrogens with zero attached hydrogens (tertiary/aromatic N) is 1. The zero-order chi connectivity index (χ0) is 22.8. The fourth-order valence-electron chi connectivity index (χ4n) is 3.63. The molecule has 5 heteroatoms. The second kappa shape index (κ2) is 9.50. The second-order valence-corrected chi connectivity index (χ2v) is 10.1. The molecule has 31 heavy (non-hydrogen) atoms. The molecule has 3 nitrogen and oxygen atoms in total.